The Labute approximate surface area is 227 Å². The van der Waals surface area contributed by atoms with Gasteiger partial charge in [-0.15, -0.1) is 0 Å². The van der Waals surface area contributed by atoms with Crippen molar-refractivity contribution in [1.29, 1.82) is 0 Å². The zero-order chi connectivity index (χ0) is 26.7. The van der Waals surface area contributed by atoms with E-state index in [0.717, 1.165) is 36.0 Å². The van der Waals surface area contributed by atoms with Crippen LogP contribution in [0.25, 0.3) is 11.1 Å². The van der Waals surface area contributed by atoms with E-state index in [-0.39, 0.29) is 5.56 Å². The van der Waals surface area contributed by atoms with Crippen molar-refractivity contribution in [2.45, 2.75) is 78.1 Å². The van der Waals surface area contributed by atoms with Crippen molar-refractivity contribution in [3.63, 3.8) is 0 Å². The molecule has 0 spiro atoms. The molecule has 0 N–H and O–H groups in total. The summed E-state index contributed by atoms with van der Waals surface area (Å²) in [6.07, 6.45) is 16.3. The average Bonchev–Trinajstić information content (AvgIpc) is 2.94. The van der Waals surface area contributed by atoms with E-state index in [2.05, 4.69) is 43.3 Å². The highest BCUT2D eigenvalue weighted by atomic mass is 19.2. The molecule has 1 aliphatic rings. The second-order valence-electron chi connectivity index (χ2n) is 10.7. The molecule has 0 saturated heterocycles. The molecule has 4 rings (SSSR count). The molecular formula is C35H42F2O. The highest BCUT2D eigenvalue weighted by Gasteiger charge is 2.18. The normalized spacial score (nSPS) is 17.7. The molecule has 0 radical (unpaired) electrons. The molecule has 0 atom stereocenters. The maximum atomic E-state index is 14.9. The third-order valence-electron chi connectivity index (χ3n) is 7.94. The summed E-state index contributed by atoms with van der Waals surface area (Å²) in [4.78, 5) is 0. The van der Waals surface area contributed by atoms with Crippen molar-refractivity contribution in [2.75, 3.05) is 6.61 Å². The lowest BCUT2D eigenvalue weighted by Gasteiger charge is -2.26. The van der Waals surface area contributed by atoms with Crippen LogP contribution >= 0.6 is 0 Å². The van der Waals surface area contributed by atoms with Crippen LogP contribution in [0.2, 0.25) is 0 Å². The minimum Gasteiger partial charge on any atom is -0.494 e. The second kappa shape index (κ2) is 14.3. The van der Waals surface area contributed by atoms with Gasteiger partial charge in [0.1, 0.15) is 5.75 Å². The summed E-state index contributed by atoms with van der Waals surface area (Å²) in [6, 6.07) is 19.1. The quantitative estimate of drug-likeness (QED) is 0.218. The Bertz CT molecular complexity index is 1160. The maximum Gasteiger partial charge on any atom is 0.166 e. The molecule has 0 aliphatic heterocycles. The van der Waals surface area contributed by atoms with Gasteiger partial charge in [-0.3, -0.25) is 0 Å². The monoisotopic (exact) mass is 516 g/mol. The van der Waals surface area contributed by atoms with Gasteiger partial charge in [-0.05, 0) is 105 Å². The summed E-state index contributed by atoms with van der Waals surface area (Å²) >= 11 is 0. The third kappa shape index (κ3) is 7.79. The molecule has 1 saturated carbocycles. The van der Waals surface area contributed by atoms with Gasteiger partial charge < -0.3 is 4.74 Å². The van der Waals surface area contributed by atoms with Crippen molar-refractivity contribution in [2.24, 2.45) is 11.8 Å². The molecule has 0 aromatic heterocycles. The van der Waals surface area contributed by atoms with E-state index in [0.29, 0.717) is 30.6 Å². The molecule has 0 amide bonds. The van der Waals surface area contributed by atoms with E-state index in [9.17, 15) is 8.78 Å². The third-order valence-corrected chi connectivity index (χ3v) is 7.94. The molecule has 202 valence electrons. The molecule has 38 heavy (non-hydrogen) atoms. The number of benzene rings is 3. The van der Waals surface area contributed by atoms with Gasteiger partial charge in [0.05, 0.1) is 6.61 Å². The smallest absolute Gasteiger partial charge is 0.166 e. The van der Waals surface area contributed by atoms with Crippen LogP contribution in [0.5, 0.6) is 5.75 Å². The van der Waals surface area contributed by atoms with Crippen molar-refractivity contribution < 1.29 is 13.5 Å². The summed E-state index contributed by atoms with van der Waals surface area (Å²) in [5, 5.41) is 0. The van der Waals surface area contributed by atoms with E-state index in [4.69, 9.17) is 4.74 Å². The fourth-order valence-electron chi connectivity index (χ4n) is 5.67. The Morgan fingerprint density at radius 2 is 1.45 bits per heavy atom. The van der Waals surface area contributed by atoms with Crippen LogP contribution in [0.1, 0.15) is 75.5 Å². The molecule has 1 fully saturated rings. The zero-order valence-corrected chi connectivity index (χ0v) is 23.0. The Kier molecular flexibility index (Phi) is 10.6. The van der Waals surface area contributed by atoms with Crippen molar-refractivity contribution in [1.82, 2.24) is 0 Å². The number of halogens is 2. The molecule has 1 nitrogen and oxygen atoms in total. The minimum absolute atomic E-state index is 0.275. The molecule has 1 aliphatic carbocycles. The number of rotatable bonds is 12. The van der Waals surface area contributed by atoms with E-state index in [1.807, 2.05) is 6.92 Å². The SMILES string of the molecule is CCCC1CCC(/C=C/CCc2ccc(CCc3ccc(-c4ccc(OCC)cc4)c(F)c3F)cc2)CC1. The fourth-order valence-corrected chi connectivity index (χ4v) is 5.67. The highest BCUT2D eigenvalue weighted by Crippen LogP contribution is 2.32. The molecule has 0 bridgehead atoms. The predicted molar refractivity (Wildman–Crippen MR) is 155 cm³/mol. The first-order valence-corrected chi connectivity index (χ1v) is 14.5. The lowest BCUT2D eigenvalue weighted by molar-refractivity contribution is 0.294. The van der Waals surface area contributed by atoms with Gasteiger partial charge in [-0.2, -0.15) is 0 Å². The zero-order valence-electron chi connectivity index (χ0n) is 23.0. The molecular weight excluding hydrogens is 474 g/mol. The van der Waals surface area contributed by atoms with Gasteiger partial charge in [0.2, 0.25) is 0 Å². The summed E-state index contributed by atoms with van der Waals surface area (Å²) in [5.41, 5.74) is 3.79. The highest BCUT2D eigenvalue weighted by molar-refractivity contribution is 5.65. The first-order chi connectivity index (χ1) is 18.6. The van der Waals surface area contributed by atoms with E-state index in [1.54, 1.807) is 36.4 Å². The van der Waals surface area contributed by atoms with Gasteiger partial charge in [0.15, 0.2) is 11.6 Å². The maximum absolute atomic E-state index is 14.9. The summed E-state index contributed by atoms with van der Waals surface area (Å²) < 4.78 is 35.2. The Balaban J connectivity index is 1.25. The summed E-state index contributed by atoms with van der Waals surface area (Å²) in [7, 11) is 0. The van der Waals surface area contributed by atoms with Crippen molar-refractivity contribution in [3.05, 3.63) is 101 Å². The van der Waals surface area contributed by atoms with Crippen LogP contribution in [0.15, 0.2) is 72.8 Å². The minimum atomic E-state index is -0.788. The lowest BCUT2D eigenvalue weighted by atomic mass is 9.80. The summed E-state index contributed by atoms with van der Waals surface area (Å²) in [6.45, 7) is 4.77. The average molecular weight is 517 g/mol. The fraction of sp³-hybridized carbons (Fsp3) is 0.429. The van der Waals surface area contributed by atoms with Crippen molar-refractivity contribution >= 4 is 0 Å². The Morgan fingerprint density at radius 3 is 2.11 bits per heavy atom. The van der Waals surface area contributed by atoms with Crippen LogP contribution < -0.4 is 4.74 Å². The Morgan fingerprint density at radius 1 is 0.763 bits per heavy atom. The number of hydrogen-bond acceptors (Lipinski definition) is 1. The second-order valence-corrected chi connectivity index (χ2v) is 10.7. The van der Waals surface area contributed by atoms with Crippen molar-refractivity contribution in [3.8, 4) is 16.9 Å². The number of aryl methyl sites for hydroxylation is 3. The van der Waals surface area contributed by atoms with Crippen LogP contribution in [0.4, 0.5) is 8.78 Å². The van der Waals surface area contributed by atoms with E-state index in [1.165, 1.54) is 44.1 Å². The van der Waals surface area contributed by atoms with Gasteiger partial charge >= 0.3 is 0 Å². The molecule has 3 aromatic rings. The number of allylic oxidation sites excluding steroid dienone is 2. The van der Waals surface area contributed by atoms with Gasteiger partial charge in [0.25, 0.3) is 0 Å². The first-order valence-electron chi connectivity index (χ1n) is 14.5. The van der Waals surface area contributed by atoms with Gasteiger partial charge in [-0.25, -0.2) is 8.78 Å². The molecule has 3 heteroatoms. The topological polar surface area (TPSA) is 9.23 Å². The Hall–Kier alpha value is -2.94. The largest absolute Gasteiger partial charge is 0.494 e. The van der Waals surface area contributed by atoms with Crippen LogP contribution in [-0.4, -0.2) is 6.61 Å². The van der Waals surface area contributed by atoms with Crippen LogP contribution in [-0.2, 0) is 19.3 Å². The number of hydrogen-bond donors (Lipinski definition) is 0. The first kappa shape index (κ1) is 28.1. The van der Waals surface area contributed by atoms with Gasteiger partial charge in [0, 0.05) is 5.56 Å². The van der Waals surface area contributed by atoms with Gasteiger partial charge in [-0.1, -0.05) is 80.4 Å². The van der Waals surface area contributed by atoms with Crippen LogP contribution in [0.3, 0.4) is 0 Å². The van der Waals surface area contributed by atoms with E-state index >= 15 is 0 Å². The van der Waals surface area contributed by atoms with Crippen LogP contribution in [0, 0.1) is 23.5 Å². The molecule has 0 unspecified atom stereocenters. The van der Waals surface area contributed by atoms with E-state index < -0.39 is 11.6 Å². The molecule has 3 aromatic carbocycles. The summed E-state index contributed by atoms with van der Waals surface area (Å²) in [5.74, 6) is 0.909. The standard InChI is InChI=1S/C35H42F2O/c1-3-7-26-10-12-27(13-11-26)8-5-6-9-28-14-16-29(17-15-28)18-19-31-22-25-33(35(37)34(31)36)30-20-23-32(24-21-30)38-4-2/h5,8,14-17,20-27H,3-4,6-7,9-13,18-19H2,1-2H3/b8-5+. The number of ether oxygens (including phenoxy) is 1. The molecule has 0 heterocycles. The predicted octanol–water partition coefficient (Wildman–Crippen LogP) is 9.91. The lowest BCUT2D eigenvalue weighted by Crippen LogP contribution is -2.12.